The van der Waals surface area contributed by atoms with Gasteiger partial charge in [0.25, 0.3) is 0 Å². The van der Waals surface area contributed by atoms with Crippen LogP contribution in [0, 0.1) is 0 Å². The summed E-state index contributed by atoms with van der Waals surface area (Å²) in [6.45, 7) is 1.46. The van der Waals surface area contributed by atoms with Crippen LogP contribution in [0.3, 0.4) is 0 Å². The Morgan fingerprint density at radius 1 is 0.806 bits per heavy atom. The summed E-state index contributed by atoms with van der Waals surface area (Å²) in [7, 11) is 0.229. The third kappa shape index (κ3) is 6.34. The van der Waals surface area contributed by atoms with Crippen molar-refractivity contribution in [1.29, 1.82) is 0 Å². The molecule has 1 N–H and O–H groups in total. The van der Waals surface area contributed by atoms with Gasteiger partial charge in [-0.15, -0.1) is 0 Å². The second-order valence-electron chi connectivity index (χ2n) is 10.2. The van der Waals surface area contributed by atoms with Crippen molar-refractivity contribution < 1.29 is 14.3 Å². The van der Waals surface area contributed by atoms with Gasteiger partial charge in [-0.05, 0) is 83.1 Å². The highest BCUT2D eigenvalue weighted by molar-refractivity contribution is 7.77. The van der Waals surface area contributed by atoms with Crippen LogP contribution >= 0.6 is 7.26 Å². The van der Waals surface area contributed by atoms with Crippen LogP contribution < -0.4 is 5.32 Å². The van der Waals surface area contributed by atoms with E-state index in [1.54, 1.807) is 0 Å². The predicted molar refractivity (Wildman–Crippen MR) is 131 cm³/mol. The van der Waals surface area contributed by atoms with Crippen molar-refractivity contribution in [3.8, 4) is 0 Å². The third-order valence-corrected chi connectivity index (χ3v) is 15.0. The van der Waals surface area contributed by atoms with Crippen LogP contribution in [-0.4, -0.2) is 42.1 Å². The first-order valence-electron chi connectivity index (χ1n) is 13.0. The largest absolute Gasteiger partial charge is 0.464 e. The lowest BCUT2D eigenvalue weighted by Gasteiger charge is -2.49. The van der Waals surface area contributed by atoms with Gasteiger partial charge in [-0.1, -0.05) is 19.3 Å². The number of carbonyl (C=O) groups is 2. The summed E-state index contributed by atoms with van der Waals surface area (Å²) in [5, 5.41) is 2.72. The van der Waals surface area contributed by atoms with Crippen molar-refractivity contribution in [2.45, 2.75) is 127 Å². The standard InChI is InChI=1S/C26H44NO3P/c1-21(28)27-25(26(29)30-2)19-12-20-31(22-13-6-3-7-14-22,23-15-8-4-9-16-23)24-17-10-5-11-18-24/h19,22-24H,3-18,20H2,1-2H3/p+1/b25-19-. The van der Waals surface area contributed by atoms with E-state index in [0.717, 1.165) is 23.4 Å². The van der Waals surface area contributed by atoms with Crippen LogP contribution in [0.5, 0.6) is 0 Å². The van der Waals surface area contributed by atoms with Crippen LogP contribution in [0.1, 0.15) is 110 Å². The molecule has 0 saturated heterocycles. The monoisotopic (exact) mass is 450 g/mol. The average molecular weight is 451 g/mol. The smallest absolute Gasteiger partial charge is 0.354 e. The van der Waals surface area contributed by atoms with Gasteiger partial charge in [0.2, 0.25) is 5.91 Å². The number of nitrogens with one attached hydrogen (secondary N) is 1. The quantitative estimate of drug-likeness (QED) is 0.258. The SMILES string of the molecule is COC(=O)/C(=C/CC[P+](C1CCCCC1)(C1CCCCC1)C1CCCCC1)NC(C)=O. The number of amides is 1. The molecule has 3 rings (SSSR count). The Hall–Kier alpha value is -0.890. The highest BCUT2D eigenvalue weighted by Crippen LogP contribution is 2.77. The second kappa shape index (κ2) is 12.4. The van der Waals surface area contributed by atoms with E-state index in [0.29, 0.717) is 5.70 Å². The van der Waals surface area contributed by atoms with Crippen LogP contribution in [0.2, 0.25) is 0 Å². The molecule has 0 aliphatic heterocycles. The molecule has 176 valence electrons. The maximum absolute atomic E-state index is 12.2. The van der Waals surface area contributed by atoms with Crippen LogP contribution in [0.25, 0.3) is 0 Å². The third-order valence-electron chi connectivity index (χ3n) is 8.34. The fourth-order valence-corrected chi connectivity index (χ4v) is 14.5. The van der Waals surface area contributed by atoms with Gasteiger partial charge in [-0.3, -0.25) is 4.79 Å². The van der Waals surface area contributed by atoms with Gasteiger partial charge >= 0.3 is 5.97 Å². The number of allylic oxidation sites excluding steroid dienone is 1. The Kier molecular flexibility index (Phi) is 9.88. The minimum Gasteiger partial charge on any atom is -0.464 e. The van der Waals surface area contributed by atoms with E-state index >= 15 is 0 Å². The molecule has 1 amide bonds. The lowest BCUT2D eigenvalue weighted by atomic mass is 9.99. The Morgan fingerprint density at radius 2 is 1.23 bits per heavy atom. The number of ether oxygens (including phenoxy) is 1. The van der Waals surface area contributed by atoms with Gasteiger partial charge in [0.1, 0.15) is 5.70 Å². The number of carbonyl (C=O) groups excluding carboxylic acids is 2. The minimum absolute atomic E-state index is 0.204. The Labute approximate surface area is 190 Å². The van der Waals surface area contributed by atoms with E-state index in [2.05, 4.69) is 5.32 Å². The molecule has 0 atom stereocenters. The van der Waals surface area contributed by atoms with Crippen molar-refractivity contribution in [2.24, 2.45) is 0 Å². The lowest BCUT2D eigenvalue weighted by molar-refractivity contribution is -0.137. The number of esters is 1. The molecule has 31 heavy (non-hydrogen) atoms. The van der Waals surface area contributed by atoms with Gasteiger partial charge in [-0.25, -0.2) is 4.79 Å². The fourth-order valence-electron chi connectivity index (χ4n) is 7.04. The fraction of sp³-hybridized carbons (Fsp3) is 0.846. The molecule has 5 heteroatoms. The Balaban J connectivity index is 1.89. The summed E-state index contributed by atoms with van der Waals surface area (Å²) in [6, 6.07) is 0. The minimum atomic E-state index is -1.16. The highest BCUT2D eigenvalue weighted by Gasteiger charge is 2.56. The van der Waals surface area contributed by atoms with Gasteiger partial charge in [0.05, 0.1) is 30.2 Å². The van der Waals surface area contributed by atoms with Crippen LogP contribution in [0.4, 0.5) is 0 Å². The van der Waals surface area contributed by atoms with E-state index < -0.39 is 13.2 Å². The molecule has 0 aromatic heterocycles. The van der Waals surface area contributed by atoms with Crippen LogP contribution in [0.15, 0.2) is 11.8 Å². The zero-order chi connectivity index (χ0) is 22.1. The molecule has 3 fully saturated rings. The maximum atomic E-state index is 12.2. The van der Waals surface area contributed by atoms with Crippen molar-refractivity contribution in [1.82, 2.24) is 5.32 Å². The number of rotatable bonds is 8. The van der Waals surface area contributed by atoms with E-state index in [-0.39, 0.29) is 5.91 Å². The maximum Gasteiger partial charge on any atom is 0.354 e. The number of methoxy groups -OCH3 is 1. The second-order valence-corrected chi connectivity index (χ2v) is 14.8. The molecule has 3 saturated carbocycles. The number of hydrogen-bond donors (Lipinski definition) is 1. The molecule has 0 aromatic carbocycles. The number of hydrogen-bond acceptors (Lipinski definition) is 3. The van der Waals surface area contributed by atoms with Gasteiger partial charge in [0.15, 0.2) is 0 Å². The van der Waals surface area contributed by atoms with E-state index in [1.165, 1.54) is 117 Å². The van der Waals surface area contributed by atoms with Crippen molar-refractivity contribution >= 4 is 19.1 Å². The summed E-state index contributed by atoms with van der Waals surface area (Å²) >= 11 is 0. The normalized spacial score (nSPS) is 22.8. The average Bonchev–Trinajstić information content (AvgIpc) is 2.82. The van der Waals surface area contributed by atoms with Crippen molar-refractivity contribution in [3.05, 3.63) is 11.8 Å². The molecule has 3 aliphatic carbocycles. The molecule has 0 radical (unpaired) electrons. The summed E-state index contributed by atoms with van der Waals surface area (Å²) < 4.78 is 4.93. The van der Waals surface area contributed by atoms with E-state index in [1.807, 2.05) is 6.08 Å². The van der Waals surface area contributed by atoms with Crippen LogP contribution in [-0.2, 0) is 14.3 Å². The molecular formula is C26H45NO3P+. The zero-order valence-corrected chi connectivity index (χ0v) is 20.9. The topological polar surface area (TPSA) is 55.4 Å². The summed E-state index contributed by atoms with van der Waals surface area (Å²) in [6.07, 6.45) is 25.6. The molecular weight excluding hydrogens is 405 g/mol. The first kappa shape index (κ1) is 24.7. The Morgan fingerprint density at radius 3 is 1.58 bits per heavy atom. The molecule has 0 heterocycles. The first-order valence-corrected chi connectivity index (χ1v) is 15.2. The highest BCUT2D eigenvalue weighted by atomic mass is 31.2. The lowest BCUT2D eigenvalue weighted by Crippen LogP contribution is -2.37. The van der Waals surface area contributed by atoms with Gasteiger partial charge in [0, 0.05) is 20.6 Å². The van der Waals surface area contributed by atoms with Crippen molar-refractivity contribution in [3.63, 3.8) is 0 Å². The molecule has 0 spiro atoms. The van der Waals surface area contributed by atoms with Gasteiger partial charge < -0.3 is 10.1 Å². The van der Waals surface area contributed by atoms with Gasteiger partial charge in [-0.2, -0.15) is 0 Å². The molecule has 3 aliphatic rings. The first-order chi connectivity index (χ1) is 15.1. The van der Waals surface area contributed by atoms with Crippen molar-refractivity contribution in [2.75, 3.05) is 13.3 Å². The zero-order valence-electron chi connectivity index (χ0n) is 20.0. The summed E-state index contributed by atoms with van der Waals surface area (Å²) in [4.78, 5) is 23.8. The summed E-state index contributed by atoms with van der Waals surface area (Å²) in [5.74, 6) is -0.628. The molecule has 0 unspecified atom stereocenters. The summed E-state index contributed by atoms with van der Waals surface area (Å²) in [5.41, 5.74) is 3.18. The molecule has 0 aromatic rings. The Bertz CT molecular complexity index is 569. The van der Waals surface area contributed by atoms with E-state index in [9.17, 15) is 9.59 Å². The molecule has 0 bridgehead atoms. The van der Waals surface area contributed by atoms with E-state index in [4.69, 9.17) is 4.74 Å². The predicted octanol–water partition coefficient (Wildman–Crippen LogP) is 6.59. The molecule has 4 nitrogen and oxygen atoms in total.